The van der Waals surface area contributed by atoms with Crippen molar-refractivity contribution in [2.45, 2.75) is 32.2 Å². The van der Waals surface area contributed by atoms with Crippen LogP contribution in [-0.2, 0) is 4.79 Å². The first-order chi connectivity index (χ1) is 9.43. The van der Waals surface area contributed by atoms with E-state index in [-0.39, 0.29) is 10.7 Å². The minimum atomic E-state index is -1.11. The van der Waals surface area contributed by atoms with Crippen LogP contribution >= 0.6 is 11.6 Å². The van der Waals surface area contributed by atoms with Crippen molar-refractivity contribution in [2.24, 2.45) is 0 Å². The summed E-state index contributed by atoms with van der Waals surface area (Å²) >= 11 is 5.80. The number of unbranched alkanes of at least 4 members (excludes halogenated alkanes) is 1. The quantitative estimate of drug-likeness (QED) is 0.755. The number of carbonyl (C=O) groups excluding carboxylic acids is 1. The highest BCUT2D eigenvalue weighted by Crippen LogP contribution is 2.22. The molecule has 20 heavy (non-hydrogen) atoms. The van der Waals surface area contributed by atoms with Gasteiger partial charge < -0.3 is 15.7 Å². The molecule has 0 aliphatic rings. The summed E-state index contributed by atoms with van der Waals surface area (Å²) in [6.07, 6.45) is 1.83. The van der Waals surface area contributed by atoms with Crippen LogP contribution in [-0.4, -0.2) is 23.1 Å². The number of carboxylic acids is 1. The molecule has 0 saturated heterocycles. The Labute approximate surface area is 121 Å². The lowest BCUT2D eigenvalue weighted by Gasteiger charge is -2.15. The van der Waals surface area contributed by atoms with Gasteiger partial charge in [0.25, 0.3) is 0 Å². The van der Waals surface area contributed by atoms with Gasteiger partial charge in [0.05, 0.1) is 10.7 Å². The minimum Gasteiger partial charge on any atom is -0.480 e. The van der Waals surface area contributed by atoms with Crippen LogP contribution in [0.15, 0.2) is 18.2 Å². The van der Waals surface area contributed by atoms with Gasteiger partial charge in [-0.2, -0.15) is 0 Å². The van der Waals surface area contributed by atoms with Crippen molar-refractivity contribution < 1.29 is 19.1 Å². The third kappa shape index (κ3) is 5.05. The maximum absolute atomic E-state index is 13.0. The number of nitrogens with one attached hydrogen (secondary N) is 2. The van der Waals surface area contributed by atoms with Gasteiger partial charge in [0, 0.05) is 0 Å². The van der Waals surface area contributed by atoms with Crippen LogP contribution in [0.1, 0.15) is 26.2 Å². The van der Waals surface area contributed by atoms with E-state index in [1.807, 2.05) is 6.92 Å². The van der Waals surface area contributed by atoms with Crippen LogP contribution in [0.25, 0.3) is 0 Å². The fourth-order valence-corrected chi connectivity index (χ4v) is 1.74. The Morgan fingerprint density at radius 2 is 2.15 bits per heavy atom. The Bertz CT molecular complexity index is 497. The van der Waals surface area contributed by atoms with Crippen molar-refractivity contribution in [3.8, 4) is 0 Å². The third-order valence-corrected chi connectivity index (χ3v) is 2.96. The van der Waals surface area contributed by atoms with Crippen LogP contribution in [0.2, 0.25) is 5.02 Å². The molecule has 1 rings (SSSR count). The van der Waals surface area contributed by atoms with Crippen molar-refractivity contribution in [3.05, 3.63) is 29.0 Å². The lowest BCUT2D eigenvalue weighted by molar-refractivity contribution is -0.139. The van der Waals surface area contributed by atoms with Gasteiger partial charge in [-0.1, -0.05) is 31.4 Å². The highest BCUT2D eigenvalue weighted by molar-refractivity contribution is 6.33. The zero-order chi connectivity index (χ0) is 15.1. The van der Waals surface area contributed by atoms with Crippen molar-refractivity contribution in [1.29, 1.82) is 0 Å². The van der Waals surface area contributed by atoms with Gasteiger partial charge in [-0.05, 0) is 24.6 Å². The average molecular weight is 303 g/mol. The molecule has 2 amide bonds. The predicted octanol–water partition coefficient (Wildman–Crippen LogP) is 3.24. The summed E-state index contributed by atoms with van der Waals surface area (Å²) in [6, 6.07) is 1.80. The molecule has 0 bridgehead atoms. The second-order valence-corrected chi connectivity index (χ2v) is 4.66. The fraction of sp³-hybridized carbons (Fsp3) is 0.385. The number of hydrogen-bond donors (Lipinski definition) is 3. The Balaban J connectivity index is 2.65. The molecule has 0 radical (unpaired) electrons. The van der Waals surface area contributed by atoms with Gasteiger partial charge >= 0.3 is 12.0 Å². The summed E-state index contributed by atoms with van der Waals surface area (Å²) in [5.74, 6) is -1.66. The largest absolute Gasteiger partial charge is 0.480 e. The molecule has 0 spiro atoms. The van der Waals surface area contributed by atoms with Crippen LogP contribution < -0.4 is 10.6 Å². The predicted molar refractivity (Wildman–Crippen MR) is 74.5 cm³/mol. The first-order valence-corrected chi connectivity index (χ1v) is 6.57. The van der Waals surface area contributed by atoms with E-state index in [9.17, 15) is 14.0 Å². The lowest BCUT2D eigenvalue weighted by atomic mass is 10.1. The number of anilines is 1. The van der Waals surface area contributed by atoms with E-state index in [0.717, 1.165) is 18.6 Å². The SMILES string of the molecule is CCCCC(NC(=O)Nc1cc(F)ccc1Cl)C(=O)O. The molecule has 0 aliphatic carbocycles. The Morgan fingerprint density at radius 3 is 2.75 bits per heavy atom. The normalized spacial score (nSPS) is 11.8. The molecule has 0 fully saturated rings. The highest BCUT2D eigenvalue weighted by Gasteiger charge is 2.19. The van der Waals surface area contributed by atoms with Gasteiger partial charge in [-0.3, -0.25) is 0 Å². The fourth-order valence-electron chi connectivity index (χ4n) is 1.58. The third-order valence-electron chi connectivity index (χ3n) is 2.63. The first-order valence-electron chi connectivity index (χ1n) is 6.19. The molecule has 5 nitrogen and oxygen atoms in total. The molecule has 1 aromatic rings. The molecule has 1 unspecified atom stereocenters. The van der Waals surface area contributed by atoms with Crippen LogP contribution in [0.4, 0.5) is 14.9 Å². The van der Waals surface area contributed by atoms with Crippen LogP contribution in [0.5, 0.6) is 0 Å². The monoisotopic (exact) mass is 302 g/mol. The molecular weight excluding hydrogens is 287 g/mol. The molecule has 7 heteroatoms. The molecule has 3 N–H and O–H groups in total. The van der Waals surface area contributed by atoms with Gasteiger partial charge in [0.1, 0.15) is 11.9 Å². The minimum absolute atomic E-state index is 0.0868. The molecule has 0 aliphatic heterocycles. The zero-order valence-electron chi connectivity index (χ0n) is 11.0. The molecule has 1 atom stereocenters. The summed E-state index contributed by atoms with van der Waals surface area (Å²) < 4.78 is 13.0. The topological polar surface area (TPSA) is 78.4 Å². The molecule has 0 heterocycles. The maximum atomic E-state index is 13.0. The molecule has 0 aromatic heterocycles. The van der Waals surface area contributed by atoms with E-state index in [4.69, 9.17) is 16.7 Å². The number of carboxylic acid groups (broad SMARTS) is 1. The number of carbonyl (C=O) groups is 2. The standard InChI is InChI=1S/C13H16ClFN2O3/c1-2-3-4-10(12(18)19)16-13(20)17-11-7-8(15)5-6-9(11)14/h5-7,10H,2-4H2,1H3,(H,18,19)(H2,16,17,20). The number of aliphatic carboxylic acids is 1. The summed E-state index contributed by atoms with van der Waals surface area (Å²) in [6.45, 7) is 1.92. The van der Waals surface area contributed by atoms with Gasteiger partial charge in [-0.15, -0.1) is 0 Å². The molecule has 0 saturated carbocycles. The Morgan fingerprint density at radius 1 is 1.45 bits per heavy atom. The van der Waals surface area contributed by atoms with E-state index >= 15 is 0 Å². The van der Waals surface area contributed by atoms with E-state index < -0.39 is 23.9 Å². The number of urea groups is 1. The van der Waals surface area contributed by atoms with Crippen molar-refractivity contribution in [1.82, 2.24) is 5.32 Å². The number of rotatable bonds is 6. The van der Waals surface area contributed by atoms with Crippen LogP contribution in [0, 0.1) is 5.82 Å². The number of halogens is 2. The van der Waals surface area contributed by atoms with Gasteiger partial charge in [0.15, 0.2) is 0 Å². The van der Waals surface area contributed by atoms with Gasteiger partial charge in [-0.25, -0.2) is 14.0 Å². The Hall–Kier alpha value is -1.82. The first kappa shape index (κ1) is 16.2. The summed E-state index contributed by atoms with van der Waals surface area (Å²) in [4.78, 5) is 22.7. The number of benzene rings is 1. The summed E-state index contributed by atoms with van der Waals surface area (Å²) in [7, 11) is 0. The van der Waals surface area contributed by atoms with Crippen LogP contribution in [0.3, 0.4) is 0 Å². The smallest absolute Gasteiger partial charge is 0.326 e. The Kier molecular flexibility index (Phi) is 6.24. The molecule has 110 valence electrons. The van der Waals surface area contributed by atoms with E-state index in [1.165, 1.54) is 6.07 Å². The molecule has 1 aromatic carbocycles. The van der Waals surface area contributed by atoms with Gasteiger partial charge in [0.2, 0.25) is 0 Å². The summed E-state index contributed by atoms with van der Waals surface area (Å²) in [5.41, 5.74) is 0.0868. The highest BCUT2D eigenvalue weighted by atomic mass is 35.5. The van der Waals surface area contributed by atoms with Crippen molar-refractivity contribution >= 4 is 29.3 Å². The second kappa shape index (κ2) is 7.69. The van der Waals surface area contributed by atoms with E-state index in [2.05, 4.69) is 10.6 Å². The second-order valence-electron chi connectivity index (χ2n) is 4.26. The zero-order valence-corrected chi connectivity index (χ0v) is 11.7. The maximum Gasteiger partial charge on any atom is 0.326 e. The molecular formula is C13H16ClFN2O3. The number of hydrogen-bond acceptors (Lipinski definition) is 2. The van der Waals surface area contributed by atoms with Crippen molar-refractivity contribution in [2.75, 3.05) is 5.32 Å². The van der Waals surface area contributed by atoms with E-state index in [0.29, 0.717) is 12.8 Å². The van der Waals surface area contributed by atoms with Crippen molar-refractivity contribution in [3.63, 3.8) is 0 Å². The summed E-state index contributed by atoms with van der Waals surface area (Å²) in [5, 5.41) is 13.8. The van der Waals surface area contributed by atoms with E-state index in [1.54, 1.807) is 0 Å². The average Bonchev–Trinajstić information content (AvgIpc) is 2.38. The lowest BCUT2D eigenvalue weighted by Crippen LogP contribution is -2.43. The number of amides is 2.